The standard InChI is InChI=1S/C12H27N3S/c1-14-7-3-11-16-12-4-8-15(2)10-6-13-5-9-14/h13H,3-12H2,1-2H3. The lowest BCUT2D eigenvalue weighted by atomic mass is 10.4. The van der Waals surface area contributed by atoms with Crippen LogP contribution < -0.4 is 5.32 Å². The van der Waals surface area contributed by atoms with Gasteiger partial charge in [-0.1, -0.05) is 0 Å². The fourth-order valence-electron chi connectivity index (χ4n) is 1.86. The molecule has 0 radical (unpaired) electrons. The highest BCUT2D eigenvalue weighted by Crippen LogP contribution is 2.05. The number of rotatable bonds is 0. The molecule has 0 saturated carbocycles. The van der Waals surface area contributed by atoms with Crippen LogP contribution in [-0.4, -0.2) is 74.7 Å². The summed E-state index contributed by atoms with van der Waals surface area (Å²) in [6, 6.07) is 0. The van der Waals surface area contributed by atoms with Crippen LogP contribution in [0.3, 0.4) is 0 Å². The van der Waals surface area contributed by atoms with Crippen molar-refractivity contribution in [3.63, 3.8) is 0 Å². The molecular weight excluding hydrogens is 218 g/mol. The summed E-state index contributed by atoms with van der Waals surface area (Å²) in [4.78, 5) is 4.87. The predicted octanol–water partition coefficient (Wildman–Crippen LogP) is 0.967. The maximum atomic E-state index is 3.51. The monoisotopic (exact) mass is 245 g/mol. The molecule has 1 aliphatic rings. The molecule has 0 aliphatic carbocycles. The number of thioether (sulfide) groups is 1. The van der Waals surface area contributed by atoms with Crippen molar-refractivity contribution in [2.24, 2.45) is 0 Å². The zero-order chi connectivity index (χ0) is 11.6. The number of nitrogens with zero attached hydrogens (tertiary/aromatic N) is 2. The topological polar surface area (TPSA) is 18.5 Å². The Morgan fingerprint density at radius 3 is 1.81 bits per heavy atom. The molecule has 0 unspecified atom stereocenters. The summed E-state index contributed by atoms with van der Waals surface area (Å²) < 4.78 is 0. The van der Waals surface area contributed by atoms with Crippen LogP contribution in [0.15, 0.2) is 0 Å². The summed E-state index contributed by atoms with van der Waals surface area (Å²) in [7, 11) is 4.45. The van der Waals surface area contributed by atoms with Crippen molar-refractivity contribution in [3.05, 3.63) is 0 Å². The Hall–Kier alpha value is 0.230. The van der Waals surface area contributed by atoms with Crippen LogP contribution in [0.1, 0.15) is 12.8 Å². The van der Waals surface area contributed by atoms with Gasteiger partial charge in [-0.05, 0) is 51.5 Å². The van der Waals surface area contributed by atoms with Crippen molar-refractivity contribution in [2.45, 2.75) is 12.8 Å². The number of likely N-dealkylation sites (N-methyl/N-ethyl adjacent to an activating group) is 2. The third-order valence-electron chi connectivity index (χ3n) is 3.00. The molecule has 16 heavy (non-hydrogen) atoms. The highest BCUT2D eigenvalue weighted by Gasteiger charge is 2.01. The smallest absolute Gasteiger partial charge is 0.0104 e. The summed E-state index contributed by atoms with van der Waals surface area (Å²) in [6.07, 6.45) is 2.66. The van der Waals surface area contributed by atoms with Gasteiger partial charge in [-0.25, -0.2) is 0 Å². The molecule has 1 heterocycles. The minimum atomic E-state index is 1.12. The van der Waals surface area contributed by atoms with E-state index < -0.39 is 0 Å². The summed E-state index contributed by atoms with van der Waals surface area (Å²) >= 11 is 2.11. The van der Waals surface area contributed by atoms with Crippen LogP contribution in [0.4, 0.5) is 0 Å². The molecule has 1 rings (SSSR count). The lowest BCUT2D eigenvalue weighted by molar-refractivity contribution is 0.311. The predicted molar refractivity (Wildman–Crippen MR) is 74.4 cm³/mol. The van der Waals surface area contributed by atoms with Gasteiger partial charge in [0, 0.05) is 26.2 Å². The van der Waals surface area contributed by atoms with E-state index in [4.69, 9.17) is 0 Å². The molecule has 0 spiro atoms. The average Bonchev–Trinajstić information content (AvgIpc) is 2.26. The first-order valence-electron chi connectivity index (χ1n) is 6.44. The molecular formula is C12H27N3S. The molecule has 4 heteroatoms. The molecule has 3 nitrogen and oxygen atoms in total. The van der Waals surface area contributed by atoms with E-state index in [1.165, 1.54) is 50.5 Å². The van der Waals surface area contributed by atoms with E-state index >= 15 is 0 Å². The molecule has 1 saturated heterocycles. The van der Waals surface area contributed by atoms with Gasteiger partial charge < -0.3 is 15.1 Å². The zero-order valence-electron chi connectivity index (χ0n) is 10.9. The van der Waals surface area contributed by atoms with Crippen molar-refractivity contribution in [1.29, 1.82) is 0 Å². The van der Waals surface area contributed by atoms with Crippen molar-refractivity contribution in [2.75, 3.05) is 64.9 Å². The van der Waals surface area contributed by atoms with E-state index in [0.29, 0.717) is 0 Å². The van der Waals surface area contributed by atoms with Crippen molar-refractivity contribution in [3.8, 4) is 0 Å². The largest absolute Gasteiger partial charge is 0.314 e. The zero-order valence-corrected chi connectivity index (χ0v) is 11.7. The second-order valence-electron chi connectivity index (χ2n) is 4.68. The fraction of sp³-hybridized carbons (Fsp3) is 1.00. The maximum absolute atomic E-state index is 3.51. The third-order valence-corrected chi connectivity index (χ3v) is 4.15. The second kappa shape index (κ2) is 9.28. The first kappa shape index (κ1) is 14.3. The lowest BCUT2D eigenvalue weighted by Gasteiger charge is -2.20. The van der Waals surface area contributed by atoms with E-state index in [1.807, 2.05) is 0 Å². The van der Waals surface area contributed by atoms with Crippen LogP contribution in [-0.2, 0) is 0 Å². The third kappa shape index (κ3) is 7.49. The summed E-state index contributed by atoms with van der Waals surface area (Å²) in [5, 5.41) is 3.51. The van der Waals surface area contributed by atoms with Gasteiger partial charge in [0.15, 0.2) is 0 Å². The molecule has 0 aromatic rings. The Morgan fingerprint density at radius 2 is 1.31 bits per heavy atom. The Kier molecular flexibility index (Phi) is 8.29. The molecule has 1 N–H and O–H groups in total. The average molecular weight is 245 g/mol. The van der Waals surface area contributed by atoms with Gasteiger partial charge in [0.1, 0.15) is 0 Å². The molecule has 1 aliphatic heterocycles. The SMILES string of the molecule is CN1CCCSCCCN(C)CCNCC1. The Morgan fingerprint density at radius 1 is 0.812 bits per heavy atom. The van der Waals surface area contributed by atoms with Crippen LogP contribution in [0.2, 0.25) is 0 Å². The van der Waals surface area contributed by atoms with Gasteiger partial charge in [-0.3, -0.25) is 0 Å². The van der Waals surface area contributed by atoms with Crippen molar-refractivity contribution in [1.82, 2.24) is 15.1 Å². The fourth-order valence-corrected chi connectivity index (χ4v) is 2.73. The van der Waals surface area contributed by atoms with Crippen LogP contribution in [0, 0.1) is 0 Å². The van der Waals surface area contributed by atoms with Crippen LogP contribution in [0.5, 0.6) is 0 Å². The Balaban J connectivity index is 2.18. The van der Waals surface area contributed by atoms with E-state index in [2.05, 4.69) is 41.0 Å². The van der Waals surface area contributed by atoms with E-state index in [-0.39, 0.29) is 0 Å². The van der Waals surface area contributed by atoms with Crippen LogP contribution in [0.25, 0.3) is 0 Å². The minimum absolute atomic E-state index is 1.12. The highest BCUT2D eigenvalue weighted by atomic mass is 32.2. The summed E-state index contributed by atoms with van der Waals surface area (Å²) in [6.45, 7) is 7.08. The van der Waals surface area contributed by atoms with Gasteiger partial charge >= 0.3 is 0 Å². The molecule has 96 valence electrons. The lowest BCUT2D eigenvalue weighted by Crippen LogP contribution is -2.35. The molecule has 1 fully saturated rings. The summed E-state index contributed by atoms with van der Waals surface area (Å²) in [5.41, 5.74) is 0. The minimum Gasteiger partial charge on any atom is -0.314 e. The van der Waals surface area contributed by atoms with Gasteiger partial charge in [-0.15, -0.1) is 0 Å². The van der Waals surface area contributed by atoms with Crippen molar-refractivity contribution < 1.29 is 0 Å². The Bertz CT molecular complexity index is 150. The van der Waals surface area contributed by atoms with Gasteiger partial charge in [-0.2, -0.15) is 11.8 Å². The maximum Gasteiger partial charge on any atom is 0.0104 e. The number of nitrogens with one attached hydrogen (secondary N) is 1. The summed E-state index contributed by atoms with van der Waals surface area (Å²) in [5.74, 6) is 2.64. The van der Waals surface area contributed by atoms with E-state index in [1.54, 1.807) is 0 Å². The first-order chi connectivity index (χ1) is 7.79. The quantitative estimate of drug-likeness (QED) is 0.685. The first-order valence-corrected chi connectivity index (χ1v) is 7.60. The molecule has 0 atom stereocenters. The highest BCUT2D eigenvalue weighted by molar-refractivity contribution is 7.99. The normalized spacial score (nSPS) is 25.1. The second-order valence-corrected chi connectivity index (χ2v) is 5.90. The molecule has 0 bridgehead atoms. The van der Waals surface area contributed by atoms with Gasteiger partial charge in [0.25, 0.3) is 0 Å². The molecule has 0 amide bonds. The van der Waals surface area contributed by atoms with Crippen LogP contribution >= 0.6 is 11.8 Å². The van der Waals surface area contributed by atoms with E-state index in [0.717, 1.165) is 13.1 Å². The number of hydrogen-bond donors (Lipinski definition) is 1. The Labute approximate surface area is 105 Å². The van der Waals surface area contributed by atoms with Crippen molar-refractivity contribution >= 4 is 11.8 Å². The van der Waals surface area contributed by atoms with Gasteiger partial charge in [0.2, 0.25) is 0 Å². The van der Waals surface area contributed by atoms with E-state index in [9.17, 15) is 0 Å². The molecule has 0 aromatic heterocycles. The van der Waals surface area contributed by atoms with Gasteiger partial charge in [0.05, 0.1) is 0 Å². The number of hydrogen-bond acceptors (Lipinski definition) is 4. The molecule has 0 aromatic carbocycles.